The lowest BCUT2D eigenvalue weighted by molar-refractivity contribution is 0.0435. The Bertz CT molecular complexity index is 335. The summed E-state index contributed by atoms with van der Waals surface area (Å²) < 4.78 is 2.22. The van der Waals surface area contributed by atoms with E-state index in [1.54, 1.807) is 0 Å². The van der Waals surface area contributed by atoms with Gasteiger partial charge in [-0.3, -0.25) is 5.43 Å². The predicted octanol–water partition coefficient (Wildman–Crippen LogP) is 2.78. The third-order valence-electron chi connectivity index (χ3n) is 3.84. The van der Waals surface area contributed by atoms with Crippen LogP contribution in [0.4, 0.5) is 0 Å². The molecule has 1 aromatic rings. The smallest absolute Gasteiger partial charge is 0.0368 e. The van der Waals surface area contributed by atoms with E-state index in [9.17, 15) is 0 Å². The first-order valence-electron chi connectivity index (χ1n) is 6.87. The summed E-state index contributed by atoms with van der Waals surface area (Å²) in [4.78, 5) is 0. The molecule has 1 N–H and O–H groups in total. The lowest BCUT2D eigenvalue weighted by atomic mass is 10.00. The van der Waals surface area contributed by atoms with Crippen molar-refractivity contribution in [2.45, 2.75) is 65.2 Å². The van der Waals surface area contributed by atoms with Crippen LogP contribution >= 0.6 is 0 Å². The number of nitrogens with zero attached hydrogens (tertiary/aromatic N) is 2. The summed E-state index contributed by atoms with van der Waals surface area (Å²) in [6.45, 7) is 8.81. The van der Waals surface area contributed by atoms with Gasteiger partial charge in [-0.25, -0.2) is 5.01 Å². The quantitative estimate of drug-likeness (QED) is 0.866. The van der Waals surface area contributed by atoms with E-state index < -0.39 is 0 Å². The topological polar surface area (TPSA) is 20.2 Å². The second-order valence-corrected chi connectivity index (χ2v) is 5.22. The number of hydrogen-bond donors (Lipinski definition) is 1. The van der Waals surface area contributed by atoms with Crippen molar-refractivity contribution >= 4 is 0 Å². The first-order chi connectivity index (χ1) is 8.20. The Hall–Kier alpha value is -0.800. The fourth-order valence-electron chi connectivity index (χ4n) is 2.71. The molecular weight excluding hydrogens is 210 g/mol. The van der Waals surface area contributed by atoms with Crippen LogP contribution in [0, 0.1) is 0 Å². The summed E-state index contributed by atoms with van der Waals surface area (Å²) in [5.41, 5.74) is 4.97. The molecule has 2 rings (SSSR count). The maximum absolute atomic E-state index is 3.59. The van der Waals surface area contributed by atoms with Gasteiger partial charge < -0.3 is 4.57 Å². The van der Waals surface area contributed by atoms with Crippen LogP contribution in [0.3, 0.4) is 0 Å². The molecule has 3 heteroatoms. The monoisotopic (exact) mass is 235 g/mol. The fourth-order valence-corrected chi connectivity index (χ4v) is 2.71. The zero-order chi connectivity index (χ0) is 12.3. The lowest BCUT2D eigenvalue weighted by Gasteiger charge is -2.39. The molecule has 3 nitrogen and oxygen atoms in total. The van der Waals surface area contributed by atoms with Crippen LogP contribution in [0.15, 0.2) is 18.5 Å². The van der Waals surface area contributed by atoms with Crippen LogP contribution in [0.1, 0.15) is 45.6 Å². The zero-order valence-corrected chi connectivity index (χ0v) is 11.3. The Balaban J connectivity index is 1.87. The summed E-state index contributed by atoms with van der Waals surface area (Å²) in [5.74, 6) is 0. The van der Waals surface area contributed by atoms with Gasteiger partial charge in [-0.2, -0.15) is 0 Å². The van der Waals surface area contributed by atoms with Crippen molar-refractivity contribution in [3.8, 4) is 0 Å². The highest BCUT2D eigenvalue weighted by Crippen LogP contribution is 2.20. The first kappa shape index (κ1) is 12.7. The van der Waals surface area contributed by atoms with Crippen LogP contribution in [0.2, 0.25) is 0 Å². The molecule has 1 aromatic heterocycles. The van der Waals surface area contributed by atoms with Gasteiger partial charge in [0.25, 0.3) is 0 Å². The number of aryl methyl sites for hydroxylation is 1. The molecule has 1 saturated heterocycles. The molecule has 2 heterocycles. The molecule has 1 aliphatic rings. The van der Waals surface area contributed by atoms with Gasteiger partial charge in [0.05, 0.1) is 0 Å². The van der Waals surface area contributed by atoms with Crippen molar-refractivity contribution in [2.75, 3.05) is 0 Å². The molecule has 17 heavy (non-hydrogen) atoms. The summed E-state index contributed by atoms with van der Waals surface area (Å²) >= 11 is 0. The van der Waals surface area contributed by atoms with Crippen molar-refractivity contribution in [1.82, 2.24) is 15.0 Å². The van der Waals surface area contributed by atoms with Gasteiger partial charge in [0.1, 0.15) is 0 Å². The molecule has 0 bridgehead atoms. The van der Waals surface area contributed by atoms with E-state index in [2.05, 4.69) is 54.2 Å². The number of hydrogen-bond acceptors (Lipinski definition) is 2. The second kappa shape index (κ2) is 5.69. The number of rotatable bonds is 4. The highest BCUT2D eigenvalue weighted by atomic mass is 15.5. The number of hydrazine groups is 1. The molecule has 0 aliphatic carbocycles. The Morgan fingerprint density at radius 1 is 1.29 bits per heavy atom. The third kappa shape index (κ3) is 3.11. The molecule has 96 valence electrons. The van der Waals surface area contributed by atoms with Crippen LogP contribution in [0.5, 0.6) is 0 Å². The average Bonchev–Trinajstić information content (AvgIpc) is 2.76. The van der Waals surface area contributed by atoms with E-state index in [1.807, 2.05) is 0 Å². The van der Waals surface area contributed by atoms with Crippen LogP contribution in [-0.2, 0) is 13.1 Å². The van der Waals surface area contributed by atoms with Crippen molar-refractivity contribution in [2.24, 2.45) is 0 Å². The van der Waals surface area contributed by atoms with Gasteiger partial charge in [0.15, 0.2) is 0 Å². The minimum absolute atomic E-state index is 0.659. The summed E-state index contributed by atoms with van der Waals surface area (Å²) in [7, 11) is 0. The second-order valence-electron chi connectivity index (χ2n) is 5.22. The van der Waals surface area contributed by atoms with E-state index >= 15 is 0 Å². The van der Waals surface area contributed by atoms with E-state index in [0.29, 0.717) is 12.1 Å². The first-order valence-corrected chi connectivity index (χ1v) is 6.87. The van der Waals surface area contributed by atoms with Gasteiger partial charge >= 0.3 is 0 Å². The molecule has 0 saturated carbocycles. The maximum Gasteiger partial charge on any atom is 0.0368 e. The van der Waals surface area contributed by atoms with Gasteiger partial charge in [0.2, 0.25) is 0 Å². The van der Waals surface area contributed by atoms with Gasteiger partial charge in [-0.15, -0.1) is 0 Å². The van der Waals surface area contributed by atoms with Crippen LogP contribution < -0.4 is 5.43 Å². The van der Waals surface area contributed by atoms with E-state index in [1.165, 1.54) is 24.8 Å². The SMILES string of the molecule is CCn1ccc(CNN2C(C)CCCC2C)c1. The minimum Gasteiger partial charge on any atom is -0.354 e. The van der Waals surface area contributed by atoms with E-state index in [4.69, 9.17) is 0 Å². The molecule has 0 radical (unpaired) electrons. The van der Waals surface area contributed by atoms with E-state index in [-0.39, 0.29) is 0 Å². The highest BCUT2D eigenvalue weighted by Gasteiger charge is 2.23. The fraction of sp³-hybridized carbons (Fsp3) is 0.714. The lowest BCUT2D eigenvalue weighted by Crippen LogP contribution is -2.51. The molecule has 0 aromatic carbocycles. The summed E-state index contributed by atoms with van der Waals surface area (Å²) in [5, 5.41) is 2.44. The Labute approximate surface area is 105 Å². The molecule has 2 unspecified atom stereocenters. The number of nitrogens with one attached hydrogen (secondary N) is 1. The zero-order valence-electron chi connectivity index (χ0n) is 11.3. The molecule has 0 amide bonds. The van der Waals surface area contributed by atoms with Crippen molar-refractivity contribution in [3.63, 3.8) is 0 Å². The normalized spacial score (nSPS) is 26.3. The number of aromatic nitrogens is 1. The predicted molar refractivity (Wildman–Crippen MR) is 71.6 cm³/mol. The van der Waals surface area contributed by atoms with Crippen molar-refractivity contribution < 1.29 is 0 Å². The van der Waals surface area contributed by atoms with Gasteiger partial charge in [-0.05, 0) is 45.2 Å². The number of piperidine rings is 1. The summed E-state index contributed by atoms with van der Waals surface area (Å²) in [6, 6.07) is 3.52. The van der Waals surface area contributed by atoms with Gasteiger partial charge in [-0.1, -0.05) is 6.42 Å². The standard InChI is InChI=1S/C14H25N3/c1-4-16-9-8-14(11-16)10-15-17-12(2)6-5-7-13(17)3/h8-9,11-13,15H,4-7,10H2,1-3H3. The Morgan fingerprint density at radius 3 is 2.59 bits per heavy atom. The minimum atomic E-state index is 0.659. The molecule has 0 spiro atoms. The third-order valence-corrected chi connectivity index (χ3v) is 3.84. The van der Waals surface area contributed by atoms with Crippen molar-refractivity contribution in [1.29, 1.82) is 0 Å². The van der Waals surface area contributed by atoms with Crippen molar-refractivity contribution in [3.05, 3.63) is 24.0 Å². The van der Waals surface area contributed by atoms with Crippen LogP contribution in [-0.4, -0.2) is 21.7 Å². The molecule has 2 atom stereocenters. The molecule has 1 aliphatic heterocycles. The maximum atomic E-state index is 3.59. The summed E-state index contributed by atoms with van der Waals surface area (Å²) in [6.07, 6.45) is 8.37. The van der Waals surface area contributed by atoms with E-state index in [0.717, 1.165) is 13.1 Å². The molecule has 1 fully saturated rings. The Morgan fingerprint density at radius 2 is 2.00 bits per heavy atom. The largest absolute Gasteiger partial charge is 0.354 e. The average molecular weight is 235 g/mol. The van der Waals surface area contributed by atoms with Crippen LogP contribution in [0.25, 0.3) is 0 Å². The Kier molecular flexibility index (Phi) is 4.24. The highest BCUT2D eigenvalue weighted by molar-refractivity contribution is 5.09. The van der Waals surface area contributed by atoms with Gasteiger partial charge in [0, 0.05) is 37.6 Å². The molecular formula is C14H25N3.